The smallest absolute Gasteiger partial charge is 0.340 e. The zero-order chi connectivity index (χ0) is 18.1. The molecule has 0 saturated heterocycles. The summed E-state index contributed by atoms with van der Waals surface area (Å²) < 4.78 is 5.26. The predicted molar refractivity (Wildman–Crippen MR) is 92.1 cm³/mol. The van der Waals surface area contributed by atoms with E-state index in [1.54, 1.807) is 24.3 Å². The molecule has 0 atom stereocenters. The van der Waals surface area contributed by atoms with Gasteiger partial charge < -0.3 is 4.74 Å². The lowest BCUT2D eigenvalue weighted by atomic mass is 10.1. The number of esters is 1. The van der Waals surface area contributed by atoms with Gasteiger partial charge in [-0.1, -0.05) is 38.3 Å². The number of aromatic nitrogens is 2. The number of nitro benzene ring substituents is 1. The van der Waals surface area contributed by atoms with Gasteiger partial charge in [-0.15, -0.1) is 0 Å². The predicted octanol–water partition coefficient (Wildman–Crippen LogP) is 3.86. The maximum Gasteiger partial charge on any atom is 0.340 e. The van der Waals surface area contributed by atoms with Crippen LogP contribution < -0.4 is 0 Å². The zero-order valence-corrected chi connectivity index (χ0v) is 14.2. The van der Waals surface area contributed by atoms with Crippen molar-refractivity contribution in [3.63, 3.8) is 0 Å². The monoisotopic (exact) mass is 343 g/mol. The molecule has 0 radical (unpaired) electrons. The molecule has 2 aromatic rings. The normalized spacial score (nSPS) is 10.4. The number of nitrogens with zero attached hydrogens (tertiary/aromatic N) is 3. The fraction of sp³-hybridized carbons (Fsp3) is 0.389. The highest BCUT2D eigenvalue weighted by Gasteiger charge is 2.17. The lowest BCUT2D eigenvalue weighted by Crippen LogP contribution is -2.11. The molecule has 7 heteroatoms. The molecule has 0 N–H and O–H groups in total. The topological polar surface area (TPSA) is 95.2 Å². The number of hydrogen-bond acceptors (Lipinski definition) is 6. The van der Waals surface area contributed by atoms with Gasteiger partial charge in [0.2, 0.25) is 0 Å². The molecule has 1 aromatic carbocycles. The van der Waals surface area contributed by atoms with E-state index in [2.05, 4.69) is 17.1 Å². The van der Waals surface area contributed by atoms with Crippen LogP contribution >= 0.6 is 0 Å². The van der Waals surface area contributed by atoms with Crippen LogP contribution in [0.2, 0.25) is 0 Å². The molecule has 0 bridgehead atoms. The van der Waals surface area contributed by atoms with E-state index >= 15 is 0 Å². The van der Waals surface area contributed by atoms with Gasteiger partial charge in [-0.2, -0.15) is 10.2 Å². The summed E-state index contributed by atoms with van der Waals surface area (Å²) in [6, 6.07) is 7.77. The summed E-state index contributed by atoms with van der Waals surface area (Å²) in [5, 5.41) is 18.9. The van der Waals surface area contributed by atoms with Gasteiger partial charge in [-0.05, 0) is 25.0 Å². The van der Waals surface area contributed by atoms with Crippen molar-refractivity contribution in [2.75, 3.05) is 0 Å². The Morgan fingerprint density at radius 3 is 2.76 bits per heavy atom. The Morgan fingerprint density at radius 2 is 2.00 bits per heavy atom. The summed E-state index contributed by atoms with van der Waals surface area (Å²) in [5.74, 6) is -0.543. The maximum absolute atomic E-state index is 12.3. The number of para-hydroxylation sites is 1. The molecule has 1 aromatic heterocycles. The average molecular weight is 343 g/mol. The quantitative estimate of drug-likeness (QED) is 0.297. The van der Waals surface area contributed by atoms with Crippen LogP contribution in [0.3, 0.4) is 0 Å². The van der Waals surface area contributed by atoms with Gasteiger partial charge in [0.15, 0.2) is 0 Å². The second kappa shape index (κ2) is 9.46. The highest BCUT2D eigenvalue weighted by molar-refractivity contribution is 5.90. The molecule has 0 aliphatic carbocycles. The van der Waals surface area contributed by atoms with Crippen molar-refractivity contribution in [3.8, 4) is 0 Å². The van der Waals surface area contributed by atoms with Gasteiger partial charge in [0, 0.05) is 6.07 Å². The Morgan fingerprint density at radius 1 is 1.20 bits per heavy atom. The molecule has 0 spiro atoms. The standard InChI is InChI=1S/C18H21N3O4/c1-2-3-4-5-9-16-15(11-12-19-20-16)18(22)25-13-14-8-6-7-10-17(14)21(23)24/h6-8,10-12H,2-5,9,13H2,1H3. The molecule has 132 valence electrons. The molecular formula is C18H21N3O4. The fourth-order valence-corrected chi connectivity index (χ4v) is 2.48. The molecule has 0 amide bonds. The van der Waals surface area contributed by atoms with Gasteiger partial charge >= 0.3 is 5.97 Å². The second-order valence-corrected chi connectivity index (χ2v) is 5.66. The Labute approximate surface area is 146 Å². The van der Waals surface area contributed by atoms with Crippen molar-refractivity contribution < 1.29 is 14.5 Å². The minimum absolute atomic E-state index is 0.0667. The number of rotatable bonds is 9. The Balaban J connectivity index is 2.03. The Bertz CT molecular complexity index is 734. The van der Waals surface area contributed by atoms with Gasteiger partial charge in [0.25, 0.3) is 5.69 Å². The third-order valence-electron chi connectivity index (χ3n) is 3.83. The van der Waals surface area contributed by atoms with E-state index in [1.165, 1.54) is 12.3 Å². The molecule has 7 nitrogen and oxygen atoms in total. The molecule has 0 aliphatic rings. The first-order valence-corrected chi connectivity index (χ1v) is 8.33. The highest BCUT2D eigenvalue weighted by Crippen LogP contribution is 2.19. The summed E-state index contributed by atoms with van der Waals surface area (Å²) >= 11 is 0. The Hall–Kier alpha value is -2.83. The first-order valence-electron chi connectivity index (χ1n) is 8.33. The van der Waals surface area contributed by atoms with Crippen LogP contribution in [0.4, 0.5) is 5.69 Å². The van der Waals surface area contributed by atoms with Crippen LogP contribution in [-0.2, 0) is 17.8 Å². The fourth-order valence-electron chi connectivity index (χ4n) is 2.48. The van der Waals surface area contributed by atoms with Crippen molar-refractivity contribution in [2.45, 2.75) is 45.6 Å². The third kappa shape index (κ3) is 5.34. The number of ether oxygens (including phenoxy) is 1. The van der Waals surface area contributed by atoms with E-state index < -0.39 is 10.9 Å². The van der Waals surface area contributed by atoms with Crippen molar-refractivity contribution in [3.05, 3.63) is 63.5 Å². The zero-order valence-electron chi connectivity index (χ0n) is 14.2. The van der Waals surface area contributed by atoms with Gasteiger partial charge in [-0.25, -0.2) is 4.79 Å². The SMILES string of the molecule is CCCCCCc1nnccc1C(=O)OCc1ccccc1[N+](=O)[O-]. The van der Waals surface area contributed by atoms with Gasteiger partial charge in [0.05, 0.1) is 27.9 Å². The van der Waals surface area contributed by atoms with Crippen LogP contribution in [0.5, 0.6) is 0 Å². The molecule has 0 aliphatic heterocycles. The lowest BCUT2D eigenvalue weighted by Gasteiger charge is -2.08. The highest BCUT2D eigenvalue weighted by atomic mass is 16.6. The maximum atomic E-state index is 12.3. The van der Waals surface area contributed by atoms with Crippen LogP contribution in [0.15, 0.2) is 36.5 Å². The second-order valence-electron chi connectivity index (χ2n) is 5.66. The van der Waals surface area contributed by atoms with Crippen molar-refractivity contribution in [1.82, 2.24) is 10.2 Å². The van der Waals surface area contributed by atoms with Crippen LogP contribution in [0.25, 0.3) is 0 Å². The van der Waals surface area contributed by atoms with E-state index in [4.69, 9.17) is 4.74 Å². The Kier molecular flexibility index (Phi) is 7.00. The molecule has 0 fully saturated rings. The van der Waals surface area contributed by atoms with E-state index in [-0.39, 0.29) is 12.3 Å². The molecule has 2 rings (SSSR count). The molecule has 25 heavy (non-hydrogen) atoms. The van der Waals surface area contributed by atoms with Gasteiger partial charge in [-0.3, -0.25) is 10.1 Å². The molecule has 0 saturated carbocycles. The third-order valence-corrected chi connectivity index (χ3v) is 3.83. The van der Waals surface area contributed by atoms with Crippen LogP contribution in [0, 0.1) is 10.1 Å². The number of unbranched alkanes of at least 4 members (excludes halogenated alkanes) is 3. The summed E-state index contributed by atoms with van der Waals surface area (Å²) in [6.45, 7) is 1.97. The van der Waals surface area contributed by atoms with Gasteiger partial charge in [0.1, 0.15) is 6.61 Å². The number of carbonyl (C=O) groups is 1. The number of nitro groups is 1. The summed E-state index contributed by atoms with van der Waals surface area (Å²) in [6.07, 6.45) is 6.36. The first kappa shape index (κ1) is 18.5. The van der Waals surface area contributed by atoms with Crippen molar-refractivity contribution in [2.24, 2.45) is 0 Å². The van der Waals surface area contributed by atoms with E-state index in [0.717, 1.165) is 25.7 Å². The van der Waals surface area contributed by atoms with E-state index in [0.29, 0.717) is 23.2 Å². The lowest BCUT2D eigenvalue weighted by molar-refractivity contribution is -0.385. The average Bonchev–Trinajstić information content (AvgIpc) is 2.63. The minimum Gasteiger partial charge on any atom is -0.457 e. The first-order chi connectivity index (χ1) is 12.1. The largest absolute Gasteiger partial charge is 0.457 e. The molecule has 1 heterocycles. The number of hydrogen-bond donors (Lipinski definition) is 0. The number of benzene rings is 1. The van der Waals surface area contributed by atoms with Crippen LogP contribution in [-0.4, -0.2) is 21.1 Å². The summed E-state index contributed by atoms with van der Waals surface area (Å²) in [4.78, 5) is 22.9. The summed E-state index contributed by atoms with van der Waals surface area (Å²) in [7, 11) is 0. The number of carbonyl (C=O) groups excluding carboxylic acids is 1. The van der Waals surface area contributed by atoms with Crippen molar-refractivity contribution in [1.29, 1.82) is 0 Å². The minimum atomic E-state index is -0.543. The van der Waals surface area contributed by atoms with Crippen LogP contribution in [0.1, 0.15) is 54.2 Å². The summed E-state index contributed by atoms with van der Waals surface area (Å²) in [5.41, 5.74) is 1.26. The van der Waals surface area contributed by atoms with E-state index in [1.807, 2.05) is 0 Å². The molecular weight excluding hydrogens is 322 g/mol. The van der Waals surface area contributed by atoms with E-state index in [9.17, 15) is 14.9 Å². The molecule has 0 unspecified atom stereocenters. The van der Waals surface area contributed by atoms with Crippen molar-refractivity contribution >= 4 is 11.7 Å². The number of aryl methyl sites for hydroxylation is 1.